The number of benzene rings is 1. The maximum Gasteiger partial charge on any atom is 0.254 e. The lowest BCUT2D eigenvalue weighted by atomic mass is 9.32. The van der Waals surface area contributed by atoms with E-state index in [1.807, 2.05) is 0 Å². The third kappa shape index (κ3) is 4.62. The molecule has 0 aromatic heterocycles. The highest BCUT2D eigenvalue weighted by atomic mass is 31.2. The highest BCUT2D eigenvalue weighted by Gasteiger charge is 2.72. The second-order valence-electron chi connectivity index (χ2n) is 15.7. The first-order valence-corrected chi connectivity index (χ1v) is 16.4. The summed E-state index contributed by atoms with van der Waals surface area (Å²) in [6, 6.07) is 8.40. The van der Waals surface area contributed by atoms with E-state index in [2.05, 4.69) is 128 Å². The van der Waals surface area contributed by atoms with Gasteiger partial charge in [-0.2, -0.15) is 0 Å². The largest absolute Gasteiger partial charge is 0.333 e. The summed E-state index contributed by atoms with van der Waals surface area (Å²) in [6.07, 6.45) is 2.45. The molecule has 0 bridgehead atoms. The van der Waals surface area contributed by atoms with E-state index in [9.17, 15) is 14.7 Å². The molecule has 0 heterocycles. The highest BCUT2D eigenvalue weighted by molar-refractivity contribution is 7.61. The monoisotopic (exact) mass is 546 g/mol. The minimum atomic E-state index is -4.46. The number of allylic oxidation sites excluding steroid dienone is 2. The number of rotatable bonds is 4. The molecule has 1 unspecified atom stereocenters. The molecular weight excluding hydrogens is 487 g/mol. The van der Waals surface area contributed by atoms with Crippen molar-refractivity contribution in [2.45, 2.75) is 123 Å². The molecule has 1 aliphatic rings. The van der Waals surface area contributed by atoms with Crippen molar-refractivity contribution in [2.24, 2.45) is 38.4 Å². The Kier molecular flexibility index (Phi) is 8.95. The topological polar surface area (TPSA) is 60.7 Å². The average Bonchev–Trinajstić information content (AvgIpc) is 2.72. The summed E-state index contributed by atoms with van der Waals surface area (Å²) in [7, 11) is -4.46. The predicted molar refractivity (Wildman–Crippen MR) is 168 cm³/mol. The van der Waals surface area contributed by atoms with Gasteiger partial charge in [-0.05, 0) is 57.1 Å². The highest BCUT2D eigenvalue weighted by Crippen LogP contribution is 2.77. The van der Waals surface area contributed by atoms with E-state index in [-0.39, 0.29) is 22.2 Å². The maximum atomic E-state index is 11.7. The summed E-state index contributed by atoms with van der Waals surface area (Å²) in [6.45, 7) is 34.4. The first-order valence-electron chi connectivity index (χ1n) is 14.7. The van der Waals surface area contributed by atoms with Crippen molar-refractivity contribution >= 4 is 18.4 Å². The van der Waals surface area contributed by atoms with Crippen molar-refractivity contribution < 1.29 is 14.7 Å². The van der Waals surface area contributed by atoms with Crippen LogP contribution in [-0.2, 0) is 6.42 Å². The molecule has 3 nitrogen and oxygen atoms in total. The molecule has 0 spiro atoms. The van der Waals surface area contributed by atoms with Gasteiger partial charge >= 0.3 is 0 Å². The van der Waals surface area contributed by atoms with E-state index in [4.69, 9.17) is 0 Å². The van der Waals surface area contributed by atoms with Crippen LogP contribution in [0.15, 0.2) is 29.8 Å². The van der Waals surface area contributed by atoms with Gasteiger partial charge in [0, 0.05) is 16.1 Å². The molecule has 2 rings (SSSR count). The van der Waals surface area contributed by atoms with E-state index in [1.165, 1.54) is 11.1 Å². The Bertz CT molecular complexity index is 1070. The van der Waals surface area contributed by atoms with Gasteiger partial charge in [-0.25, -0.2) is 0 Å². The molecule has 38 heavy (non-hydrogen) atoms. The third-order valence-electron chi connectivity index (χ3n) is 9.89. The smallest absolute Gasteiger partial charge is 0.254 e. The molecule has 0 saturated carbocycles. The van der Waals surface area contributed by atoms with Gasteiger partial charge in [-0.1, -0.05) is 140 Å². The first-order chi connectivity index (χ1) is 16.9. The zero-order valence-corrected chi connectivity index (χ0v) is 28.2. The van der Waals surface area contributed by atoms with Crippen molar-refractivity contribution in [3.8, 4) is 0 Å². The lowest BCUT2D eigenvalue weighted by Gasteiger charge is -2.72. The van der Waals surface area contributed by atoms with Crippen LogP contribution in [-0.4, -0.2) is 20.0 Å². The lowest BCUT2D eigenvalue weighted by Crippen LogP contribution is -2.69. The van der Waals surface area contributed by atoms with Crippen LogP contribution in [0, 0.1) is 38.4 Å². The second-order valence-corrected chi connectivity index (χ2v) is 17.3. The molecule has 1 atom stereocenters. The van der Waals surface area contributed by atoms with Gasteiger partial charge < -0.3 is 14.7 Å². The minimum Gasteiger partial charge on any atom is -0.333 e. The van der Waals surface area contributed by atoms with Gasteiger partial charge in [0.05, 0.1) is 0 Å². The summed E-state index contributed by atoms with van der Waals surface area (Å²) in [5.41, 5.74) is 2.24. The molecule has 1 aliphatic carbocycles. The summed E-state index contributed by atoms with van der Waals surface area (Å²) < 4.78 is 0. The van der Waals surface area contributed by atoms with Gasteiger partial charge in [0.25, 0.3) is 7.57 Å². The van der Waals surface area contributed by atoms with E-state index in [1.54, 1.807) is 0 Å². The Morgan fingerprint density at radius 3 is 1.39 bits per heavy atom. The Hall–Kier alpha value is -0.860. The van der Waals surface area contributed by atoms with Gasteiger partial charge in [-0.15, -0.1) is 0 Å². The maximum absolute atomic E-state index is 11.7. The summed E-state index contributed by atoms with van der Waals surface area (Å²) >= 11 is 0. The van der Waals surface area contributed by atoms with Crippen LogP contribution >= 0.6 is 7.57 Å². The van der Waals surface area contributed by atoms with Crippen molar-refractivity contribution in [1.29, 1.82) is 0 Å². The number of hydrogen-bond donors (Lipinski definition) is 3. The van der Waals surface area contributed by atoms with Crippen LogP contribution in [0.1, 0.15) is 128 Å². The Labute approximate surface area is 235 Å². The molecule has 1 aromatic rings. The standard InChI is InChI=1S/C34H59O3P/c1-16-23-21-19-20-22-24(23)27-25(17-2)33(29(4,5)6,30(7,8)9)26(18-3)34(31(10,11)12,32(13,14)15)28(27)38(35,36)37/h19-22,26,35-37H,16-18H2,1-15H3. The molecule has 0 radical (unpaired) electrons. The van der Waals surface area contributed by atoms with Crippen LogP contribution in [0.4, 0.5) is 0 Å². The molecule has 0 aliphatic heterocycles. The molecule has 218 valence electrons. The third-order valence-corrected chi connectivity index (χ3v) is 11.1. The van der Waals surface area contributed by atoms with E-state index in [0.717, 1.165) is 30.4 Å². The minimum absolute atomic E-state index is 0.0447. The van der Waals surface area contributed by atoms with Crippen molar-refractivity contribution in [1.82, 2.24) is 0 Å². The first kappa shape index (κ1) is 33.3. The average molecular weight is 547 g/mol. The van der Waals surface area contributed by atoms with Crippen LogP contribution < -0.4 is 0 Å². The second kappa shape index (κ2) is 10.2. The molecule has 0 fully saturated rings. The Morgan fingerprint density at radius 1 is 0.658 bits per heavy atom. The van der Waals surface area contributed by atoms with Crippen LogP contribution in [0.5, 0.6) is 0 Å². The lowest BCUT2D eigenvalue weighted by molar-refractivity contribution is -0.151. The zero-order valence-electron chi connectivity index (χ0n) is 27.3. The van der Waals surface area contributed by atoms with Gasteiger partial charge in [-0.3, -0.25) is 0 Å². The molecule has 1 aromatic carbocycles. The van der Waals surface area contributed by atoms with Crippen molar-refractivity contribution in [2.75, 3.05) is 0 Å². The molecular formula is C34H59O3P. The molecule has 4 heteroatoms. The van der Waals surface area contributed by atoms with Crippen LogP contribution in [0.25, 0.3) is 5.57 Å². The molecule has 0 saturated heterocycles. The Balaban J connectivity index is 3.68. The summed E-state index contributed by atoms with van der Waals surface area (Å²) in [5.74, 6) is 0.0447. The van der Waals surface area contributed by atoms with Crippen LogP contribution in [0.3, 0.4) is 0 Å². The summed E-state index contributed by atoms with van der Waals surface area (Å²) in [4.78, 5) is 35.0. The van der Waals surface area contributed by atoms with Gasteiger partial charge in [0.2, 0.25) is 0 Å². The van der Waals surface area contributed by atoms with Gasteiger partial charge in [0.15, 0.2) is 0 Å². The van der Waals surface area contributed by atoms with Gasteiger partial charge in [0.1, 0.15) is 0 Å². The van der Waals surface area contributed by atoms with E-state index >= 15 is 0 Å². The fraction of sp³-hybridized carbons (Fsp3) is 0.735. The number of aryl methyl sites for hydroxylation is 1. The SMILES string of the molecule is CCC1=C(c2ccccc2CC)C(=P(O)(O)O)C(C(C)(C)C)(C(C)(C)C)C(CC)C1(C(C)(C)C)C(C)(C)C. The fourth-order valence-corrected chi connectivity index (χ4v) is 11.9. The predicted octanol–water partition coefficient (Wildman–Crippen LogP) is 9.52. The summed E-state index contributed by atoms with van der Waals surface area (Å²) in [5, 5.41) is 0.485. The fourth-order valence-electron chi connectivity index (χ4n) is 10.0. The van der Waals surface area contributed by atoms with E-state index in [0.29, 0.717) is 5.29 Å². The molecule has 0 amide bonds. The van der Waals surface area contributed by atoms with Crippen molar-refractivity contribution in [3.63, 3.8) is 0 Å². The van der Waals surface area contributed by atoms with E-state index < -0.39 is 23.8 Å². The Morgan fingerprint density at radius 2 is 1.08 bits per heavy atom. The quantitative estimate of drug-likeness (QED) is 0.330. The zero-order chi connectivity index (χ0) is 29.9. The number of hydrogen-bond acceptors (Lipinski definition) is 3. The normalized spacial score (nSPS) is 21.2. The molecule has 3 N–H and O–H groups in total. The van der Waals surface area contributed by atoms with Crippen molar-refractivity contribution in [3.05, 3.63) is 41.0 Å². The van der Waals surface area contributed by atoms with Crippen LogP contribution in [0.2, 0.25) is 0 Å².